The van der Waals surface area contributed by atoms with E-state index in [9.17, 15) is 14.0 Å². The quantitative estimate of drug-likeness (QED) is 0.424. The molecule has 6 rings (SSSR count). The molecule has 1 aliphatic rings. The molecule has 1 atom stereocenters. The highest BCUT2D eigenvalue weighted by Gasteiger charge is 2.34. The summed E-state index contributed by atoms with van der Waals surface area (Å²) in [6, 6.07) is 6.89. The standard InChI is InChI=1S/C22H16ClFN8O2/c23-14-6-8-31-17(14)22(34)32(13-4-1-3-12(24)9-13)19(29-31)15-5-2-7-30(15)20-16-18(25-10-27-20)26-11-28-21(16)33/h1,3-4,6,8-11,15H,2,5,7H2,(H,25,26,27,28,33)/t15-/m0/s1. The number of hydrogen-bond donors (Lipinski definition) is 1. The van der Waals surface area contributed by atoms with Gasteiger partial charge in [0.05, 0.1) is 23.1 Å². The number of rotatable bonds is 3. The van der Waals surface area contributed by atoms with Crippen molar-refractivity contribution in [1.82, 2.24) is 34.1 Å². The Morgan fingerprint density at radius 3 is 2.88 bits per heavy atom. The van der Waals surface area contributed by atoms with E-state index in [0.29, 0.717) is 30.3 Å². The third-order valence-corrected chi connectivity index (χ3v) is 6.27. The molecule has 34 heavy (non-hydrogen) atoms. The molecule has 0 aliphatic carbocycles. The van der Waals surface area contributed by atoms with Crippen LogP contribution in [0.5, 0.6) is 0 Å². The molecule has 1 N–H and O–H groups in total. The van der Waals surface area contributed by atoms with Crippen molar-refractivity contribution in [3.05, 3.63) is 86.6 Å². The lowest BCUT2D eigenvalue weighted by Gasteiger charge is -2.27. The van der Waals surface area contributed by atoms with Gasteiger partial charge in [-0.1, -0.05) is 17.7 Å². The van der Waals surface area contributed by atoms with Gasteiger partial charge in [0.15, 0.2) is 11.5 Å². The van der Waals surface area contributed by atoms with Crippen molar-refractivity contribution < 1.29 is 4.39 Å². The van der Waals surface area contributed by atoms with Crippen LogP contribution in [-0.2, 0) is 0 Å². The number of aromatic amines is 1. The van der Waals surface area contributed by atoms with Gasteiger partial charge < -0.3 is 9.88 Å². The average Bonchev–Trinajstić information content (AvgIpc) is 3.46. The molecule has 4 aromatic heterocycles. The van der Waals surface area contributed by atoms with Crippen LogP contribution >= 0.6 is 11.6 Å². The average molecular weight is 479 g/mol. The first-order chi connectivity index (χ1) is 16.5. The van der Waals surface area contributed by atoms with E-state index in [1.165, 1.54) is 39.9 Å². The summed E-state index contributed by atoms with van der Waals surface area (Å²) in [6.45, 7) is 0.564. The second-order valence-electron chi connectivity index (χ2n) is 7.91. The van der Waals surface area contributed by atoms with Crippen molar-refractivity contribution in [2.24, 2.45) is 0 Å². The summed E-state index contributed by atoms with van der Waals surface area (Å²) >= 11 is 6.27. The minimum atomic E-state index is -0.487. The molecular formula is C22H16ClFN8O2. The molecule has 170 valence electrons. The maximum Gasteiger partial charge on any atom is 0.284 e. The SMILES string of the molecule is O=c1[nH]cnc2ncnc(N3CCC[C@H]3c3nn4ccc(Cl)c4c(=O)n3-c3cccc(F)c3)c12. The van der Waals surface area contributed by atoms with Crippen LogP contribution in [0.1, 0.15) is 24.7 Å². The van der Waals surface area contributed by atoms with Gasteiger partial charge in [0.2, 0.25) is 0 Å². The van der Waals surface area contributed by atoms with Crippen molar-refractivity contribution in [3.63, 3.8) is 0 Å². The zero-order valence-corrected chi connectivity index (χ0v) is 18.3. The molecular weight excluding hydrogens is 463 g/mol. The molecule has 0 bridgehead atoms. The molecule has 1 saturated heterocycles. The first kappa shape index (κ1) is 20.5. The molecule has 5 heterocycles. The zero-order valence-electron chi connectivity index (χ0n) is 17.5. The van der Waals surface area contributed by atoms with Crippen molar-refractivity contribution in [3.8, 4) is 5.69 Å². The van der Waals surface area contributed by atoms with Gasteiger partial charge in [-0.25, -0.2) is 23.9 Å². The Morgan fingerprint density at radius 2 is 2.03 bits per heavy atom. The normalized spacial score (nSPS) is 16.1. The second-order valence-corrected chi connectivity index (χ2v) is 8.32. The van der Waals surface area contributed by atoms with Crippen molar-refractivity contribution in [1.29, 1.82) is 0 Å². The largest absolute Gasteiger partial charge is 0.345 e. The Bertz CT molecular complexity index is 1690. The fourth-order valence-corrected chi connectivity index (χ4v) is 4.75. The molecule has 10 nitrogen and oxygen atoms in total. The molecule has 0 saturated carbocycles. The third kappa shape index (κ3) is 3.08. The molecule has 1 aliphatic heterocycles. The molecule has 0 radical (unpaired) electrons. The number of nitrogens with zero attached hydrogens (tertiary/aromatic N) is 7. The molecule has 1 fully saturated rings. The fraction of sp³-hybridized carbons (Fsp3) is 0.182. The number of fused-ring (bicyclic) bond motifs is 2. The molecule has 12 heteroatoms. The van der Waals surface area contributed by atoms with E-state index >= 15 is 0 Å². The first-order valence-corrected chi connectivity index (χ1v) is 10.9. The molecule has 0 unspecified atom stereocenters. The predicted molar refractivity (Wildman–Crippen MR) is 123 cm³/mol. The zero-order chi connectivity index (χ0) is 23.4. The third-order valence-electron chi connectivity index (χ3n) is 5.97. The van der Waals surface area contributed by atoms with Gasteiger partial charge in [-0.05, 0) is 37.1 Å². The molecule has 0 spiro atoms. The Labute approximate surface area is 195 Å². The van der Waals surface area contributed by atoms with Crippen molar-refractivity contribution in [2.75, 3.05) is 11.4 Å². The van der Waals surface area contributed by atoms with E-state index in [-0.39, 0.29) is 27.1 Å². The lowest BCUT2D eigenvalue weighted by Crippen LogP contribution is -2.34. The summed E-state index contributed by atoms with van der Waals surface area (Å²) in [5, 5.41) is 5.21. The minimum absolute atomic E-state index is 0.187. The number of H-pyrrole nitrogens is 1. The van der Waals surface area contributed by atoms with Crippen LogP contribution in [0.3, 0.4) is 0 Å². The van der Waals surface area contributed by atoms with E-state index in [2.05, 4.69) is 19.9 Å². The van der Waals surface area contributed by atoms with Gasteiger partial charge in [0, 0.05) is 12.7 Å². The van der Waals surface area contributed by atoms with Crippen LogP contribution < -0.4 is 16.0 Å². The maximum atomic E-state index is 14.1. The number of halogens is 2. The Hall–Kier alpha value is -4.12. The smallest absolute Gasteiger partial charge is 0.284 e. The number of nitrogens with one attached hydrogen (secondary N) is 1. The predicted octanol–water partition coefficient (Wildman–Crippen LogP) is 2.65. The van der Waals surface area contributed by atoms with Gasteiger partial charge >= 0.3 is 0 Å². The van der Waals surface area contributed by atoms with Crippen LogP contribution in [0, 0.1) is 5.82 Å². The van der Waals surface area contributed by atoms with Crippen molar-refractivity contribution in [2.45, 2.75) is 18.9 Å². The van der Waals surface area contributed by atoms with Crippen LogP contribution in [0.4, 0.5) is 10.2 Å². The lowest BCUT2D eigenvalue weighted by atomic mass is 10.2. The van der Waals surface area contributed by atoms with Gasteiger partial charge in [0.25, 0.3) is 11.1 Å². The Kier molecular flexibility index (Phi) is 4.66. The minimum Gasteiger partial charge on any atom is -0.345 e. The summed E-state index contributed by atoms with van der Waals surface area (Å²) < 4.78 is 17.0. The molecule has 1 aromatic carbocycles. The Morgan fingerprint density at radius 1 is 1.15 bits per heavy atom. The Balaban J connectivity index is 1.62. The van der Waals surface area contributed by atoms with Crippen LogP contribution in [0.25, 0.3) is 22.2 Å². The highest BCUT2D eigenvalue weighted by Crippen LogP contribution is 2.36. The monoisotopic (exact) mass is 478 g/mol. The number of benzene rings is 1. The lowest BCUT2D eigenvalue weighted by molar-refractivity contribution is 0.596. The van der Waals surface area contributed by atoms with Crippen LogP contribution in [0.15, 0.2) is 58.8 Å². The van der Waals surface area contributed by atoms with E-state index in [4.69, 9.17) is 16.7 Å². The van der Waals surface area contributed by atoms with Gasteiger partial charge in [-0.15, -0.1) is 0 Å². The first-order valence-electron chi connectivity index (χ1n) is 10.5. The number of anilines is 1. The summed E-state index contributed by atoms with van der Waals surface area (Å²) in [4.78, 5) is 43.3. The highest BCUT2D eigenvalue weighted by molar-refractivity contribution is 6.33. The molecule has 0 amide bonds. The van der Waals surface area contributed by atoms with Gasteiger partial charge in [0.1, 0.15) is 28.9 Å². The van der Waals surface area contributed by atoms with Crippen LogP contribution in [-0.4, -0.2) is 40.7 Å². The number of hydrogen-bond acceptors (Lipinski definition) is 7. The van der Waals surface area contributed by atoms with Gasteiger partial charge in [-0.2, -0.15) is 5.10 Å². The summed E-state index contributed by atoms with van der Waals surface area (Å²) in [5.41, 5.74) is -0.0139. The molecule has 5 aromatic rings. The van der Waals surface area contributed by atoms with E-state index in [0.717, 1.165) is 6.42 Å². The fourth-order valence-electron chi connectivity index (χ4n) is 4.53. The topological polar surface area (TPSA) is 114 Å². The van der Waals surface area contributed by atoms with Crippen molar-refractivity contribution >= 4 is 34.0 Å². The second kappa shape index (κ2) is 7.73. The summed E-state index contributed by atoms with van der Waals surface area (Å²) in [5.74, 6) is 0.284. The van der Waals surface area contributed by atoms with E-state index in [1.807, 2.05) is 4.90 Å². The van der Waals surface area contributed by atoms with E-state index in [1.54, 1.807) is 18.3 Å². The maximum absolute atomic E-state index is 14.1. The summed E-state index contributed by atoms with van der Waals surface area (Å²) in [7, 11) is 0. The number of aromatic nitrogens is 7. The van der Waals surface area contributed by atoms with Crippen LogP contribution in [0.2, 0.25) is 5.02 Å². The van der Waals surface area contributed by atoms with E-state index < -0.39 is 17.4 Å². The highest BCUT2D eigenvalue weighted by atomic mass is 35.5. The van der Waals surface area contributed by atoms with Gasteiger partial charge in [-0.3, -0.25) is 14.2 Å². The summed E-state index contributed by atoms with van der Waals surface area (Å²) in [6.07, 6.45) is 5.63.